The van der Waals surface area contributed by atoms with Crippen molar-refractivity contribution in [2.24, 2.45) is 5.92 Å². The van der Waals surface area contributed by atoms with Crippen LogP contribution in [0.15, 0.2) is 0 Å². The van der Waals surface area contributed by atoms with E-state index < -0.39 is 22.5 Å². The zero-order valence-corrected chi connectivity index (χ0v) is 7.17. The van der Waals surface area contributed by atoms with Crippen molar-refractivity contribution in [3.63, 3.8) is 0 Å². The van der Waals surface area contributed by atoms with Crippen molar-refractivity contribution < 1.29 is 20.1 Å². The molecule has 4 nitrogen and oxygen atoms in total. The number of halogens is 2. The van der Waals surface area contributed by atoms with E-state index in [2.05, 4.69) is 0 Å². The van der Waals surface area contributed by atoms with Crippen LogP contribution < -0.4 is 0 Å². The highest BCUT2D eigenvalue weighted by atomic mass is 35.5. The van der Waals surface area contributed by atoms with E-state index >= 15 is 0 Å². The molecule has 0 spiro atoms. The van der Waals surface area contributed by atoms with Crippen LogP contribution in [0.2, 0.25) is 0 Å². The predicted molar refractivity (Wildman–Crippen MR) is 39.5 cm³/mol. The molecule has 0 bridgehead atoms. The fourth-order valence-electron chi connectivity index (χ4n) is 0.606. The van der Waals surface area contributed by atoms with E-state index in [0.29, 0.717) is 0 Å². The zero-order chi connectivity index (χ0) is 9.23. The molecule has 0 rings (SSSR count). The monoisotopic (exact) mass is 202 g/mol. The molecule has 0 aliphatic carbocycles. The third-order valence-electron chi connectivity index (χ3n) is 1.11. The molecule has 0 saturated heterocycles. The van der Waals surface area contributed by atoms with Gasteiger partial charge in [0.15, 0.2) is 6.29 Å². The Hall–Kier alpha value is -0.0300. The van der Waals surface area contributed by atoms with Gasteiger partial charge in [-0.05, 0) is 6.92 Å². The average Bonchev–Trinajstić information content (AvgIpc) is 1.54. The molecular weight excluding hydrogens is 195 g/mol. The number of rotatable bonds is 3. The van der Waals surface area contributed by atoms with Crippen LogP contribution in [0, 0.1) is 5.92 Å². The Bertz CT molecular complexity index is 151. The van der Waals surface area contributed by atoms with Crippen LogP contribution in [0.4, 0.5) is 0 Å². The molecule has 1 atom stereocenters. The van der Waals surface area contributed by atoms with Crippen molar-refractivity contribution in [1.82, 2.24) is 0 Å². The highest BCUT2D eigenvalue weighted by Gasteiger charge is 2.40. The maximum atomic E-state index is 10.3. The number of carboxylic acids is 1. The van der Waals surface area contributed by atoms with E-state index in [4.69, 9.17) is 38.5 Å². The molecule has 66 valence electrons. The Morgan fingerprint density at radius 1 is 1.45 bits per heavy atom. The number of aliphatic hydroxyl groups excluding tert-OH is 1. The molecule has 0 aromatic rings. The molecule has 11 heavy (non-hydrogen) atoms. The van der Waals surface area contributed by atoms with Gasteiger partial charge >= 0.3 is 5.97 Å². The van der Waals surface area contributed by atoms with E-state index in [9.17, 15) is 4.79 Å². The Morgan fingerprint density at radius 3 is 1.82 bits per heavy atom. The molecule has 0 heterocycles. The van der Waals surface area contributed by atoms with Crippen molar-refractivity contribution in [1.29, 1.82) is 0 Å². The molecule has 3 N–H and O–H groups in total. The lowest BCUT2D eigenvalue weighted by molar-refractivity contribution is -0.159. The fourth-order valence-corrected chi connectivity index (χ4v) is 1.02. The second-order valence-corrected chi connectivity index (χ2v) is 3.95. The lowest BCUT2D eigenvalue weighted by Crippen LogP contribution is -2.39. The van der Waals surface area contributed by atoms with E-state index in [1.165, 1.54) is 6.92 Å². The zero-order valence-electron chi connectivity index (χ0n) is 5.66. The van der Waals surface area contributed by atoms with Crippen LogP contribution in [0.3, 0.4) is 0 Å². The Balaban J connectivity index is 4.49. The van der Waals surface area contributed by atoms with Gasteiger partial charge in [-0.15, -0.1) is 23.2 Å². The van der Waals surface area contributed by atoms with Gasteiger partial charge in [0.25, 0.3) is 0 Å². The second kappa shape index (κ2) is 3.58. The largest absolute Gasteiger partial charge is 0.481 e. The number of hydrogen-bond acceptors (Lipinski definition) is 3. The van der Waals surface area contributed by atoms with E-state index in [1.54, 1.807) is 0 Å². The molecule has 0 aliphatic heterocycles. The molecule has 0 radical (unpaired) electrons. The van der Waals surface area contributed by atoms with Gasteiger partial charge in [0.05, 0.1) is 0 Å². The Labute approximate surface area is 73.3 Å². The van der Waals surface area contributed by atoms with Gasteiger partial charge in [0.1, 0.15) is 10.3 Å². The van der Waals surface area contributed by atoms with Crippen LogP contribution in [0.5, 0.6) is 0 Å². The topological polar surface area (TPSA) is 77.8 Å². The lowest BCUT2D eigenvalue weighted by Gasteiger charge is -2.23. The van der Waals surface area contributed by atoms with Crippen LogP contribution in [-0.2, 0) is 4.79 Å². The number of carboxylic acid groups (broad SMARTS) is 1. The standard InChI is InChI=1S/C5H8Cl2O4/c1-5(6,7)2(3(8)9)4(10)11/h2-3,8-9H,1H3,(H,10,11). The Kier molecular flexibility index (Phi) is 3.57. The summed E-state index contributed by atoms with van der Waals surface area (Å²) in [7, 11) is 0. The number of hydrogen-bond donors (Lipinski definition) is 3. The van der Waals surface area contributed by atoms with Crippen molar-refractivity contribution in [2.75, 3.05) is 0 Å². The summed E-state index contributed by atoms with van der Waals surface area (Å²) in [6.45, 7) is 1.17. The number of aliphatic carboxylic acids is 1. The first-order chi connectivity index (χ1) is 4.76. The first-order valence-corrected chi connectivity index (χ1v) is 3.49. The summed E-state index contributed by atoms with van der Waals surface area (Å²) in [6, 6.07) is 0. The third kappa shape index (κ3) is 3.25. The normalized spacial score (nSPS) is 15.1. The number of carbonyl (C=O) groups is 1. The van der Waals surface area contributed by atoms with Gasteiger partial charge in [-0.1, -0.05) is 0 Å². The lowest BCUT2D eigenvalue weighted by atomic mass is 10.1. The summed E-state index contributed by atoms with van der Waals surface area (Å²) in [6.07, 6.45) is -2.06. The molecule has 1 unspecified atom stereocenters. The fraction of sp³-hybridized carbons (Fsp3) is 0.800. The summed E-state index contributed by atoms with van der Waals surface area (Å²) in [4.78, 5) is 10.3. The maximum absolute atomic E-state index is 10.3. The molecule has 0 aliphatic rings. The SMILES string of the molecule is CC(Cl)(Cl)C(C(=O)O)C(O)O. The second-order valence-electron chi connectivity index (χ2n) is 2.19. The van der Waals surface area contributed by atoms with Crippen LogP contribution in [0.1, 0.15) is 6.92 Å². The molecule has 0 amide bonds. The number of alkyl halides is 2. The van der Waals surface area contributed by atoms with Crippen molar-refractivity contribution >= 4 is 29.2 Å². The summed E-state index contributed by atoms with van der Waals surface area (Å²) >= 11 is 10.7. The first kappa shape index (κ1) is 11.0. The average molecular weight is 203 g/mol. The highest BCUT2D eigenvalue weighted by molar-refractivity contribution is 6.49. The van der Waals surface area contributed by atoms with Crippen molar-refractivity contribution in [3.8, 4) is 0 Å². The van der Waals surface area contributed by atoms with Gasteiger partial charge in [0, 0.05) is 0 Å². The van der Waals surface area contributed by atoms with Gasteiger partial charge in [-0.3, -0.25) is 4.79 Å². The minimum Gasteiger partial charge on any atom is -0.481 e. The van der Waals surface area contributed by atoms with Crippen LogP contribution >= 0.6 is 23.2 Å². The number of aliphatic hydroxyl groups is 2. The summed E-state index contributed by atoms with van der Waals surface area (Å²) in [5, 5.41) is 25.4. The quantitative estimate of drug-likeness (QED) is 0.452. The van der Waals surface area contributed by atoms with Crippen LogP contribution in [0.25, 0.3) is 0 Å². The summed E-state index contributed by atoms with van der Waals surface area (Å²) in [5.74, 6) is -3.06. The van der Waals surface area contributed by atoms with Gasteiger partial charge in [0.2, 0.25) is 0 Å². The van der Waals surface area contributed by atoms with Gasteiger partial charge in [-0.2, -0.15) is 0 Å². The molecular formula is C5H8Cl2O4. The third-order valence-corrected chi connectivity index (χ3v) is 1.58. The van der Waals surface area contributed by atoms with E-state index in [-0.39, 0.29) is 0 Å². The minimum absolute atomic E-state index is 1.17. The molecule has 6 heteroatoms. The molecule has 0 fully saturated rings. The van der Waals surface area contributed by atoms with Crippen LogP contribution in [-0.4, -0.2) is 31.9 Å². The molecule has 0 saturated carbocycles. The van der Waals surface area contributed by atoms with Gasteiger partial charge in [-0.25, -0.2) is 0 Å². The smallest absolute Gasteiger partial charge is 0.314 e. The predicted octanol–water partition coefficient (Wildman–Crippen LogP) is 0.192. The first-order valence-electron chi connectivity index (χ1n) is 2.73. The maximum Gasteiger partial charge on any atom is 0.314 e. The Morgan fingerprint density at radius 2 is 1.82 bits per heavy atom. The van der Waals surface area contributed by atoms with E-state index in [1.807, 2.05) is 0 Å². The summed E-state index contributed by atoms with van der Waals surface area (Å²) < 4.78 is -1.69. The molecule has 0 aromatic carbocycles. The van der Waals surface area contributed by atoms with Crippen molar-refractivity contribution in [3.05, 3.63) is 0 Å². The highest BCUT2D eigenvalue weighted by Crippen LogP contribution is 2.31. The minimum atomic E-state index is -2.06. The summed E-state index contributed by atoms with van der Waals surface area (Å²) in [5.41, 5.74) is 0. The van der Waals surface area contributed by atoms with E-state index in [0.717, 1.165) is 0 Å². The van der Waals surface area contributed by atoms with Crippen molar-refractivity contribution in [2.45, 2.75) is 17.5 Å². The van der Waals surface area contributed by atoms with Gasteiger partial charge < -0.3 is 15.3 Å². The molecule has 0 aromatic heterocycles.